The number of halogens is 1. The Kier molecular flexibility index (Phi) is 15.2. The van der Waals surface area contributed by atoms with Crippen molar-refractivity contribution in [2.75, 3.05) is 18.5 Å². The van der Waals surface area contributed by atoms with Gasteiger partial charge in [0.1, 0.15) is 11.6 Å². The molecule has 0 radical (unpaired) electrons. The zero-order chi connectivity index (χ0) is 32.7. The highest BCUT2D eigenvalue weighted by Gasteiger charge is 2.25. The lowest BCUT2D eigenvalue weighted by Crippen LogP contribution is -2.17. The van der Waals surface area contributed by atoms with Crippen LogP contribution in [0.5, 0.6) is 0 Å². The Morgan fingerprint density at radius 3 is 2.04 bits per heavy atom. The molecular formula is C35H54ClN5O4. The Bertz CT molecular complexity index is 1340. The second-order valence-electron chi connectivity index (χ2n) is 13.1. The lowest BCUT2D eigenvalue weighted by Gasteiger charge is -2.14. The van der Waals surface area contributed by atoms with Gasteiger partial charge in [0.15, 0.2) is 11.5 Å². The van der Waals surface area contributed by atoms with Crippen LogP contribution in [0.1, 0.15) is 135 Å². The van der Waals surface area contributed by atoms with Crippen molar-refractivity contribution < 1.29 is 19.1 Å². The van der Waals surface area contributed by atoms with Crippen LogP contribution in [0.2, 0.25) is 5.02 Å². The molecule has 0 bridgehead atoms. The molecule has 2 aromatic heterocycles. The van der Waals surface area contributed by atoms with Gasteiger partial charge in [0, 0.05) is 11.0 Å². The van der Waals surface area contributed by atoms with E-state index >= 15 is 0 Å². The number of carbonyl (C=O) groups excluding carboxylic acids is 2. The van der Waals surface area contributed by atoms with Crippen LogP contribution in [0.4, 0.5) is 10.5 Å². The summed E-state index contributed by atoms with van der Waals surface area (Å²) < 4.78 is 12.1. The first-order valence-electron chi connectivity index (χ1n) is 17.0. The number of esters is 1. The molecule has 1 aromatic carbocycles. The SMILES string of the molecule is CCCCCCCCCCCCCCCCOC(=O)CCOC(=O)Nc1ccc(C)cc1-c1nn2nc(C(C)(C)C)c(Cl)c2[nH]1. The van der Waals surface area contributed by atoms with Gasteiger partial charge in [0.05, 0.1) is 24.4 Å². The van der Waals surface area contributed by atoms with Gasteiger partial charge in [0.25, 0.3) is 0 Å². The van der Waals surface area contributed by atoms with Gasteiger partial charge in [-0.05, 0) is 25.5 Å². The molecule has 1 amide bonds. The fourth-order valence-corrected chi connectivity index (χ4v) is 5.73. The van der Waals surface area contributed by atoms with Crippen molar-refractivity contribution >= 4 is 35.0 Å². The summed E-state index contributed by atoms with van der Waals surface area (Å²) in [7, 11) is 0. The highest BCUT2D eigenvalue weighted by molar-refractivity contribution is 6.34. The average Bonchev–Trinajstić information content (AvgIpc) is 3.55. The number of nitrogens with zero attached hydrogens (tertiary/aromatic N) is 3. The van der Waals surface area contributed by atoms with Gasteiger partial charge in [-0.1, -0.05) is 134 Å². The molecule has 0 spiro atoms. The topological polar surface area (TPSA) is 111 Å². The average molecular weight is 644 g/mol. The largest absolute Gasteiger partial charge is 0.466 e. The van der Waals surface area contributed by atoms with E-state index in [1.54, 1.807) is 6.07 Å². The second-order valence-corrected chi connectivity index (χ2v) is 13.5. The number of ether oxygens (including phenoxy) is 2. The smallest absolute Gasteiger partial charge is 0.411 e. The van der Waals surface area contributed by atoms with Gasteiger partial charge < -0.3 is 14.5 Å². The molecule has 0 unspecified atom stereocenters. The van der Waals surface area contributed by atoms with Crippen LogP contribution in [0.25, 0.3) is 17.0 Å². The summed E-state index contributed by atoms with van der Waals surface area (Å²) >= 11 is 6.60. The van der Waals surface area contributed by atoms with Crippen molar-refractivity contribution in [1.29, 1.82) is 0 Å². The van der Waals surface area contributed by atoms with Crippen LogP contribution in [-0.4, -0.2) is 45.1 Å². The number of aromatic nitrogens is 4. The van der Waals surface area contributed by atoms with Crippen molar-refractivity contribution in [3.63, 3.8) is 0 Å². The van der Waals surface area contributed by atoms with E-state index in [4.69, 9.17) is 21.1 Å². The summed E-state index contributed by atoms with van der Waals surface area (Å²) in [5.41, 5.74) is 3.26. The lowest BCUT2D eigenvalue weighted by atomic mass is 9.92. The number of unbranched alkanes of at least 4 members (excludes halogenated alkanes) is 13. The maximum absolute atomic E-state index is 12.5. The third-order valence-corrected chi connectivity index (χ3v) is 8.28. The van der Waals surface area contributed by atoms with Crippen LogP contribution in [0, 0.1) is 6.92 Å². The number of fused-ring (bicyclic) bond motifs is 1. The predicted octanol–water partition coefficient (Wildman–Crippen LogP) is 9.95. The summed E-state index contributed by atoms with van der Waals surface area (Å²) in [5, 5.41) is 12.4. The van der Waals surface area contributed by atoms with E-state index in [9.17, 15) is 9.59 Å². The summed E-state index contributed by atoms with van der Waals surface area (Å²) in [4.78, 5) is 27.9. The van der Waals surface area contributed by atoms with E-state index in [0.29, 0.717) is 34.4 Å². The number of benzene rings is 1. The van der Waals surface area contributed by atoms with E-state index in [1.165, 1.54) is 81.7 Å². The van der Waals surface area contributed by atoms with E-state index < -0.39 is 6.09 Å². The fourth-order valence-electron chi connectivity index (χ4n) is 5.29. The molecule has 0 saturated heterocycles. The van der Waals surface area contributed by atoms with E-state index in [0.717, 1.165) is 24.1 Å². The zero-order valence-corrected chi connectivity index (χ0v) is 28.9. The van der Waals surface area contributed by atoms with E-state index in [-0.39, 0.29) is 24.4 Å². The number of amides is 1. The van der Waals surface area contributed by atoms with Crippen molar-refractivity contribution in [2.24, 2.45) is 0 Å². The van der Waals surface area contributed by atoms with Crippen LogP contribution < -0.4 is 5.32 Å². The highest BCUT2D eigenvalue weighted by atomic mass is 35.5. The normalized spacial score (nSPS) is 11.7. The van der Waals surface area contributed by atoms with Crippen LogP contribution >= 0.6 is 11.6 Å². The number of rotatable bonds is 20. The molecule has 250 valence electrons. The minimum Gasteiger partial charge on any atom is -0.466 e. The standard InChI is InChI=1S/C35H54ClN5O4/c1-6-7-8-9-10-11-12-13-14-15-16-17-18-19-23-44-29(42)22-24-45-34(43)37-28-21-20-26(2)25-27(28)32-38-33-30(36)31(35(3,4)5)39-41(33)40-32/h20-21,25H,6-19,22-24H2,1-5H3,(H,37,43)(H,38,40). The zero-order valence-electron chi connectivity index (χ0n) is 28.1. The molecule has 45 heavy (non-hydrogen) atoms. The molecule has 0 aliphatic rings. The number of anilines is 1. The third kappa shape index (κ3) is 12.3. The lowest BCUT2D eigenvalue weighted by molar-refractivity contribution is -0.144. The summed E-state index contributed by atoms with van der Waals surface area (Å²) in [6.07, 6.45) is 17.3. The number of aromatic amines is 1. The van der Waals surface area contributed by atoms with Crippen molar-refractivity contribution in [1.82, 2.24) is 19.8 Å². The molecule has 0 atom stereocenters. The molecule has 10 heteroatoms. The molecule has 0 aliphatic carbocycles. The number of aryl methyl sites for hydroxylation is 1. The monoisotopic (exact) mass is 643 g/mol. The first kappa shape index (κ1) is 36.4. The first-order valence-corrected chi connectivity index (χ1v) is 17.3. The van der Waals surface area contributed by atoms with E-state index in [2.05, 4.69) is 27.4 Å². The number of carbonyl (C=O) groups is 2. The summed E-state index contributed by atoms with van der Waals surface area (Å²) in [6.45, 7) is 10.7. The van der Waals surface area contributed by atoms with Crippen LogP contribution in [0.15, 0.2) is 18.2 Å². The first-order chi connectivity index (χ1) is 21.6. The minimum atomic E-state index is -0.663. The van der Waals surface area contributed by atoms with Crippen molar-refractivity contribution in [2.45, 2.75) is 136 Å². The van der Waals surface area contributed by atoms with E-state index in [1.807, 2.05) is 39.8 Å². The van der Waals surface area contributed by atoms with Gasteiger partial charge in [-0.2, -0.15) is 5.10 Å². The Labute approximate surface area is 274 Å². The molecular weight excluding hydrogens is 590 g/mol. The molecule has 2 N–H and O–H groups in total. The number of hydrogen-bond acceptors (Lipinski definition) is 6. The van der Waals surface area contributed by atoms with Gasteiger partial charge >= 0.3 is 12.1 Å². The molecule has 3 rings (SSSR count). The van der Waals surface area contributed by atoms with Crippen molar-refractivity contribution in [3.8, 4) is 11.4 Å². The fraction of sp³-hybridized carbons (Fsp3) is 0.657. The maximum atomic E-state index is 12.5. The maximum Gasteiger partial charge on any atom is 0.411 e. The Balaban J connectivity index is 1.30. The molecule has 2 heterocycles. The third-order valence-electron chi connectivity index (χ3n) is 7.92. The quantitative estimate of drug-likeness (QED) is 0.0936. The molecule has 0 aliphatic heterocycles. The Morgan fingerprint density at radius 2 is 1.47 bits per heavy atom. The van der Waals surface area contributed by atoms with Crippen LogP contribution in [-0.2, 0) is 19.7 Å². The van der Waals surface area contributed by atoms with Gasteiger partial charge in [-0.3, -0.25) is 10.1 Å². The number of hydrogen-bond donors (Lipinski definition) is 2. The molecule has 9 nitrogen and oxygen atoms in total. The summed E-state index contributed by atoms with van der Waals surface area (Å²) in [5.74, 6) is 0.143. The van der Waals surface area contributed by atoms with Gasteiger partial charge in [-0.15, -0.1) is 9.73 Å². The summed E-state index contributed by atoms with van der Waals surface area (Å²) in [6, 6.07) is 5.57. The number of nitrogens with one attached hydrogen (secondary N) is 2. The highest BCUT2D eigenvalue weighted by Crippen LogP contribution is 2.33. The number of H-pyrrole nitrogens is 1. The molecule has 3 aromatic rings. The van der Waals surface area contributed by atoms with Crippen LogP contribution in [0.3, 0.4) is 0 Å². The Hall–Kier alpha value is -3.07. The second kappa shape index (κ2) is 18.8. The minimum absolute atomic E-state index is 0.0107. The van der Waals surface area contributed by atoms with Crippen molar-refractivity contribution in [3.05, 3.63) is 34.5 Å². The predicted molar refractivity (Wildman–Crippen MR) is 182 cm³/mol. The van der Waals surface area contributed by atoms with Gasteiger partial charge in [-0.25, -0.2) is 4.79 Å². The Morgan fingerprint density at radius 1 is 0.867 bits per heavy atom. The molecule has 0 fully saturated rings. The van der Waals surface area contributed by atoms with Gasteiger partial charge in [0.2, 0.25) is 0 Å². The molecule has 0 saturated carbocycles.